The van der Waals surface area contributed by atoms with Gasteiger partial charge < -0.3 is 20.3 Å². The normalized spacial score (nSPS) is 30.3. The maximum Gasteiger partial charge on any atom is 0.238 e. The van der Waals surface area contributed by atoms with E-state index in [1.165, 1.54) is 4.90 Å². The van der Waals surface area contributed by atoms with Gasteiger partial charge in [0.05, 0.1) is 23.6 Å². The second-order valence-electron chi connectivity index (χ2n) is 10.7. The molecule has 3 aliphatic rings. The van der Waals surface area contributed by atoms with Crippen LogP contribution in [0.15, 0.2) is 78.9 Å². The summed E-state index contributed by atoms with van der Waals surface area (Å²) in [5, 5.41) is 24.9. The molecule has 3 N–H and O–H groups in total. The van der Waals surface area contributed by atoms with Crippen LogP contribution in [0.25, 0.3) is 0 Å². The fraction of sp³-hybridized carbons (Fsp3) is 0.355. The molecule has 6 rings (SSSR count). The van der Waals surface area contributed by atoms with E-state index < -0.39 is 29.6 Å². The minimum atomic E-state index is -1.48. The molecular formula is C31H32N2O5. The van der Waals surface area contributed by atoms with E-state index in [9.17, 15) is 19.8 Å². The largest absolute Gasteiger partial charge is 0.508 e. The van der Waals surface area contributed by atoms with Gasteiger partial charge in [-0.2, -0.15) is 0 Å². The van der Waals surface area contributed by atoms with E-state index >= 15 is 0 Å². The molecule has 7 heteroatoms. The molecular weight excluding hydrogens is 480 g/mol. The number of phenols is 1. The molecule has 2 aliphatic heterocycles. The Kier molecular flexibility index (Phi) is 6.20. The minimum absolute atomic E-state index is 0.156. The number of phenolic OH excluding ortho intramolecular Hbond substituents is 1. The zero-order chi connectivity index (χ0) is 26.4. The van der Waals surface area contributed by atoms with Crippen LogP contribution >= 0.6 is 0 Å². The number of imide groups is 1. The van der Waals surface area contributed by atoms with Crippen molar-refractivity contribution in [2.24, 2.45) is 23.7 Å². The second-order valence-corrected chi connectivity index (χ2v) is 10.7. The number of rotatable bonds is 6. The highest BCUT2D eigenvalue weighted by Gasteiger charge is 2.66. The van der Waals surface area contributed by atoms with Gasteiger partial charge in [0, 0.05) is 23.2 Å². The SMILES string of the molecule is CCC[C@H]1C[C@@H]2C(=O)N(c3ccc(Nc4ccccc4)cc3)C(=O)[C@@H]2[C@@H]2C[C@@H](c3ccc(O)cc3)O[C@]12O. The highest BCUT2D eigenvalue weighted by atomic mass is 16.6. The van der Waals surface area contributed by atoms with Gasteiger partial charge in [-0.25, -0.2) is 0 Å². The van der Waals surface area contributed by atoms with Gasteiger partial charge in [-0.1, -0.05) is 43.7 Å². The summed E-state index contributed by atoms with van der Waals surface area (Å²) < 4.78 is 6.33. The zero-order valence-corrected chi connectivity index (χ0v) is 21.3. The third-order valence-electron chi connectivity index (χ3n) is 8.45. The summed E-state index contributed by atoms with van der Waals surface area (Å²) in [6, 6.07) is 23.9. The molecule has 0 spiro atoms. The second kappa shape index (κ2) is 9.57. The van der Waals surface area contributed by atoms with E-state index in [0.717, 1.165) is 23.4 Å². The van der Waals surface area contributed by atoms with Gasteiger partial charge in [-0.3, -0.25) is 14.5 Å². The molecule has 6 atom stereocenters. The quantitative estimate of drug-likeness (QED) is 0.376. The Balaban J connectivity index is 1.28. The molecule has 0 aromatic heterocycles. The van der Waals surface area contributed by atoms with Crippen LogP contribution in [-0.2, 0) is 14.3 Å². The number of anilines is 3. The maximum atomic E-state index is 13.9. The number of hydrogen-bond acceptors (Lipinski definition) is 6. The molecule has 1 aliphatic carbocycles. The van der Waals surface area contributed by atoms with Crippen LogP contribution in [0.5, 0.6) is 5.75 Å². The highest BCUT2D eigenvalue weighted by molar-refractivity contribution is 6.22. The molecule has 0 bridgehead atoms. The summed E-state index contributed by atoms with van der Waals surface area (Å²) in [6.45, 7) is 2.05. The highest BCUT2D eigenvalue weighted by Crippen LogP contribution is 2.59. The van der Waals surface area contributed by atoms with Crippen molar-refractivity contribution in [3.8, 4) is 5.75 Å². The first-order valence-corrected chi connectivity index (χ1v) is 13.4. The van der Waals surface area contributed by atoms with Crippen molar-refractivity contribution < 1.29 is 24.5 Å². The van der Waals surface area contributed by atoms with Gasteiger partial charge in [0.25, 0.3) is 0 Å². The van der Waals surface area contributed by atoms with Gasteiger partial charge in [-0.05, 0) is 73.4 Å². The lowest BCUT2D eigenvalue weighted by atomic mass is 9.63. The summed E-state index contributed by atoms with van der Waals surface area (Å²) in [4.78, 5) is 28.9. The van der Waals surface area contributed by atoms with Crippen LogP contribution in [0.2, 0.25) is 0 Å². The molecule has 196 valence electrons. The van der Waals surface area contributed by atoms with Crippen LogP contribution < -0.4 is 10.2 Å². The third-order valence-corrected chi connectivity index (χ3v) is 8.45. The van der Waals surface area contributed by atoms with Crippen molar-refractivity contribution in [1.29, 1.82) is 0 Å². The van der Waals surface area contributed by atoms with Crippen molar-refractivity contribution in [3.63, 3.8) is 0 Å². The summed E-state index contributed by atoms with van der Waals surface area (Å²) in [6.07, 6.45) is 1.99. The Hall–Kier alpha value is -3.68. The zero-order valence-electron chi connectivity index (χ0n) is 21.3. The lowest BCUT2D eigenvalue weighted by Gasteiger charge is -2.44. The molecule has 3 aromatic rings. The average molecular weight is 513 g/mol. The lowest BCUT2D eigenvalue weighted by Crippen LogP contribution is -2.53. The van der Waals surface area contributed by atoms with E-state index in [0.29, 0.717) is 24.9 Å². The molecule has 0 unspecified atom stereocenters. The number of carbonyl (C=O) groups excluding carboxylic acids is 2. The molecule has 1 saturated carbocycles. The summed E-state index contributed by atoms with van der Waals surface area (Å²) >= 11 is 0. The van der Waals surface area contributed by atoms with Gasteiger partial charge in [0.15, 0.2) is 5.79 Å². The number of aromatic hydroxyl groups is 1. The number of amides is 2. The van der Waals surface area contributed by atoms with E-state index in [1.807, 2.05) is 42.5 Å². The van der Waals surface area contributed by atoms with Gasteiger partial charge in [-0.15, -0.1) is 0 Å². The Morgan fingerprint density at radius 2 is 1.61 bits per heavy atom. The van der Waals surface area contributed by atoms with E-state index in [2.05, 4.69) is 12.2 Å². The summed E-state index contributed by atoms with van der Waals surface area (Å²) in [5.41, 5.74) is 3.19. The van der Waals surface area contributed by atoms with E-state index in [1.54, 1.807) is 36.4 Å². The summed E-state index contributed by atoms with van der Waals surface area (Å²) in [7, 11) is 0. The number of nitrogens with zero attached hydrogens (tertiary/aromatic N) is 1. The van der Waals surface area contributed by atoms with E-state index in [4.69, 9.17) is 4.74 Å². The first kappa shape index (κ1) is 24.6. The number of carbonyl (C=O) groups is 2. The van der Waals surface area contributed by atoms with E-state index in [-0.39, 0.29) is 23.5 Å². The maximum absolute atomic E-state index is 13.9. The Morgan fingerprint density at radius 1 is 0.921 bits per heavy atom. The molecule has 2 heterocycles. The van der Waals surface area contributed by atoms with Crippen molar-refractivity contribution in [3.05, 3.63) is 84.4 Å². The van der Waals surface area contributed by atoms with Crippen LogP contribution in [0.4, 0.5) is 17.1 Å². The number of aliphatic hydroxyl groups is 1. The van der Waals surface area contributed by atoms with Crippen molar-refractivity contribution in [2.75, 3.05) is 10.2 Å². The monoisotopic (exact) mass is 512 g/mol. The fourth-order valence-corrected chi connectivity index (χ4v) is 6.69. The number of para-hydroxylation sites is 1. The molecule has 3 fully saturated rings. The van der Waals surface area contributed by atoms with Gasteiger partial charge in [0.1, 0.15) is 5.75 Å². The predicted octanol–water partition coefficient (Wildman–Crippen LogP) is 5.53. The molecule has 2 amide bonds. The standard InChI is InChI=1S/C31H32N2O5/c1-2-6-20-17-25-28(26-18-27(38-31(20,26)37)19-9-15-24(34)16-10-19)30(36)33(29(25)35)23-13-11-22(12-14-23)32-21-7-4-3-5-8-21/h3-5,7-16,20,25-28,32,34,37H,2,6,17-18H2,1H3/t20-,25-,26-,27-,28-,31+/m0/s1. The van der Waals surface area contributed by atoms with Crippen molar-refractivity contribution in [2.45, 2.75) is 44.5 Å². The number of hydrogen-bond donors (Lipinski definition) is 3. The van der Waals surface area contributed by atoms with Crippen LogP contribution in [0.3, 0.4) is 0 Å². The number of nitrogens with one attached hydrogen (secondary N) is 1. The Morgan fingerprint density at radius 3 is 2.29 bits per heavy atom. The van der Waals surface area contributed by atoms with Gasteiger partial charge >= 0.3 is 0 Å². The fourth-order valence-electron chi connectivity index (χ4n) is 6.69. The van der Waals surface area contributed by atoms with Crippen molar-refractivity contribution >= 4 is 28.9 Å². The number of fused-ring (bicyclic) bond motifs is 3. The number of ether oxygens (including phenoxy) is 1. The first-order chi connectivity index (χ1) is 18.4. The lowest BCUT2D eigenvalue weighted by molar-refractivity contribution is -0.270. The smallest absolute Gasteiger partial charge is 0.238 e. The summed E-state index contributed by atoms with van der Waals surface area (Å²) in [5.74, 6) is -3.62. The molecule has 38 heavy (non-hydrogen) atoms. The molecule has 0 radical (unpaired) electrons. The minimum Gasteiger partial charge on any atom is -0.508 e. The Bertz CT molecular complexity index is 1330. The predicted molar refractivity (Wildman–Crippen MR) is 144 cm³/mol. The first-order valence-electron chi connectivity index (χ1n) is 13.4. The molecule has 2 saturated heterocycles. The molecule has 7 nitrogen and oxygen atoms in total. The third kappa shape index (κ3) is 4.06. The van der Waals surface area contributed by atoms with Crippen molar-refractivity contribution in [1.82, 2.24) is 0 Å². The van der Waals surface area contributed by atoms with Gasteiger partial charge in [0.2, 0.25) is 11.8 Å². The topological polar surface area (TPSA) is 99.1 Å². The Labute approximate surface area is 222 Å². The number of benzene rings is 3. The van der Waals surface area contributed by atoms with Crippen LogP contribution in [0, 0.1) is 23.7 Å². The molecule has 3 aromatic carbocycles. The average Bonchev–Trinajstić information content (AvgIpc) is 3.40. The van der Waals surface area contributed by atoms with Crippen LogP contribution in [0.1, 0.15) is 44.3 Å². The van der Waals surface area contributed by atoms with Crippen LogP contribution in [-0.4, -0.2) is 27.8 Å².